The normalized spacial score (nSPS) is 10.6. The van der Waals surface area contributed by atoms with Gasteiger partial charge in [-0.1, -0.05) is 11.6 Å². The summed E-state index contributed by atoms with van der Waals surface area (Å²) < 4.78 is 2.01. The number of carbonyl (C=O) groups excluding carboxylic acids is 1. The van der Waals surface area contributed by atoms with E-state index in [1.165, 1.54) is 0 Å². The van der Waals surface area contributed by atoms with Crippen LogP contribution in [-0.4, -0.2) is 10.5 Å². The van der Waals surface area contributed by atoms with Gasteiger partial charge in [-0.2, -0.15) is 0 Å². The van der Waals surface area contributed by atoms with Crippen molar-refractivity contribution >= 4 is 17.5 Å². The van der Waals surface area contributed by atoms with Crippen molar-refractivity contribution in [2.75, 3.05) is 0 Å². The van der Waals surface area contributed by atoms with E-state index in [9.17, 15) is 4.79 Å². The van der Waals surface area contributed by atoms with Crippen molar-refractivity contribution in [2.45, 2.75) is 20.8 Å². The van der Waals surface area contributed by atoms with Crippen LogP contribution in [0.3, 0.4) is 0 Å². The molecule has 0 bridgehead atoms. The van der Waals surface area contributed by atoms with Crippen molar-refractivity contribution in [2.24, 2.45) is 5.84 Å². The third-order valence-corrected chi connectivity index (χ3v) is 3.63. The van der Waals surface area contributed by atoms with Crippen LogP contribution in [-0.2, 0) is 0 Å². The summed E-state index contributed by atoms with van der Waals surface area (Å²) in [7, 11) is 0. The van der Waals surface area contributed by atoms with Crippen LogP contribution in [0.4, 0.5) is 0 Å². The third-order valence-electron chi connectivity index (χ3n) is 3.21. The van der Waals surface area contributed by atoms with Crippen LogP contribution in [0.1, 0.15) is 27.3 Å². The van der Waals surface area contributed by atoms with E-state index in [4.69, 9.17) is 17.4 Å². The van der Waals surface area contributed by atoms with E-state index in [0.717, 1.165) is 27.7 Å². The Balaban J connectivity index is 2.59. The zero-order valence-electron chi connectivity index (χ0n) is 11.1. The van der Waals surface area contributed by atoms with Gasteiger partial charge in [-0.25, -0.2) is 5.84 Å². The zero-order valence-corrected chi connectivity index (χ0v) is 11.9. The molecule has 0 saturated carbocycles. The van der Waals surface area contributed by atoms with E-state index in [-0.39, 0.29) is 5.91 Å². The number of aryl methyl sites for hydroxylation is 2. The molecule has 1 heterocycles. The van der Waals surface area contributed by atoms with Gasteiger partial charge in [0.1, 0.15) is 0 Å². The zero-order chi connectivity index (χ0) is 14.2. The highest BCUT2D eigenvalue weighted by Crippen LogP contribution is 2.24. The monoisotopic (exact) mass is 277 g/mol. The second kappa shape index (κ2) is 5.07. The molecule has 0 radical (unpaired) electrons. The highest BCUT2D eigenvalue weighted by atomic mass is 35.5. The molecule has 2 aromatic rings. The molecular formula is C14H16ClN3O. The predicted octanol–water partition coefficient (Wildman–Crippen LogP) is 2.66. The Labute approximate surface area is 117 Å². The SMILES string of the molecule is Cc1cc(-n2c(C)cc(C(=O)NN)c2C)ccc1Cl. The number of nitrogens with two attached hydrogens (primary N) is 1. The number of hydrazine groups is 1. The van der Waals surface area contributed by atoms with Gasteiger partial charge in [0.05, 0.1) is 5.56 Å². The summed E-state index contributed by atoms with van der Waals surface area (Å²) in [5, 5.41) is 0.728. The number of hydrogen-bond acceptors (Lipinski definition) is 2. The molecule has 5 heteroatoms. The molecule has 100 valence electrons. The maximum atomic E-state index is 11.7. The number of amides is 1. The molecule has 0 unspecified atom stereocenters. The Hall–Kier alpha value is -1.78. The molecule has 19 heavy (non-hydrogen) atoms. The van der Waals surface area contributed by atoms with Crippen molar-refractivity contribution in [3.05, 3.63) is 51.8 Å². The number of nitrogen functional groups attached to an aromatic ring is 1. The Morgan fingerprint density at radius 1 is 1.26 bits per heavy atom. The van der Waals surface area contributed by atoms with E-state index >= 15 is 0 Å². The van der Waals surface area contributed by atoms with Crippen LogP contribution in [0.25, 0.3) is 5.69 Å². The lowest BCUT2D eigenvalue weighted by Crippen LogP contribution is -2.30. The number of carbonyl (C=O) groups is 1. The molecule has 0 spiro atoms. The largest absolute Gasteiger partial charge is 0.318 e. The maximum Gasteiger partial charge on any atom is 0.267 e. The first kappa shape index (κ1) is 13.6. The van der Waals surface area contributed by atoms with Gasteiger partial charge in [0.25, 0.3) is 5.91 Å². The number of nitrogens with one attached hydrogen (secondary N) is 1. The van der Waals surface area contributed by atoms with E-state index in [1.54, 1.807) is 0 Å². The van der Waals surface area contributed by atoms with E-state index in [2.05, 4.69) is 5.43 Å². The highest BCUT2D eigenvalue weighted by molar-refractivity contribution is 6.31. The standard InChI is InChI=1S/C14H16ClN3O/c1-8-6-11(4-5-13(8)15)18-9(2)7-12(10(18)3)14(19)17-16/h4-7H,16H2,1-3H3,(H,17,19). The first-order valence-corrected chi connectivity index (χ1v) is 6.30. The molecule has 1 aromatic heterocycles. The lowest BCUT2D eigenvalue weighted by molar-refractivity contribution is 0.0953. The molecule has 0 aliphatic rings. The molecule has 0 aliphatic carbocycles. The summed E-state index contributed by atoms with van der Waals surface area (Å²) in [6.07, 6.45) is 0. The van der Waals surface area contributed by atoms with Gasteiger partial charge >= 0.3 is 0 Å². The minimum atomic E-state index is -0.287. The van der Waals surface area contributed by atoms with E-state index < -0.39 is 0 Å². The number of rotatable bonds is 2. The van der Waals surface area contributed by atoms with Crippen LogP contribution < -0.4 is 11.3 Å². The van der Waals surface area contributed by atoms with Crippen molar-refractivity contribution < 1.29 is 4.79 Å². The maximum absolute atomic E-state index is 11.7. The van der Waals surface area contributed by atoms with Gasteiger partial charge in [-0.05, 0) is 50.6 Å². The molecule has 1 amide bonds. The van der Waals surface area contributed by atoms with Crippen LogP contribution in [0, 0.1) is 20.8 Å². The summed E-state index contributed by atoms with van der Waals surface area (Å²) in [6.45, 7) is 5.79. The van der Waals surface area contributed by atoms with Crippen LogP contribution in [0.15, 0.2) is 24.3 Å². The minimum Gasteiger partial charge on any atom is -0.318 e. The topological polar surface area (TPSA) is 60.0 Å². The molecule has 0 fully saturated rings. The van der Waals surface area contributed by atoms with Crippen molar-refractivity contribution in [1.29, 1.82) is 0 Å². The predicted molar refractivity (Wildman–Crippen MR) is 76.6 cm³/mol. The first-order valence-electron chi connectivity index (χ1n) is 5.92. The molecule has 0 aliphatic heterocycles. The van der Waals surface area contributed by atoms with Gasteiger partial charge in [-0.15, -0.1) is 0 Å². The second-order valence-electron chi connectivity index (χ2n) is 4.53. The first-order chi connectivity index (χ1) is 8.95. The molecule has 0 atom stereocenters. The fourth-order valence-corrected chi connectivity index (χ4v) is 2.35. The van der Waals surface area contributed by atoms with Crippen molar-refractivity contribution in [3.8, 4) is 5.69 Å². The number of aromatic nitrogens is 1. The van der Waals surface area contributed by atoms with E-state index in [0.29, 0.717) is 5.56 Å². The minimum absolute atomic E-state index is 0.287. The second-order valence-corrected chi connectivity index (χ2v) is 4.93. The van der Waals surface area contributed by atoms with Crippen LogP contribution >= 0.6 is 11.6 Å². The van der Waals surface area contributed by atoms with Crippen LogP contribution in [0.5, 0.6) is 0 Å². The van der Waals surface area contributed by atoms with Gasteiger partial charge in [0.15, 0.2) is 0 Å². The molecule has 2 rings (SSSR count). The number of halogens is 1. The van der Waals surface area contributed by atoms with Gasteiger partial charge < -0.3 is 4.57 Å². The summed E-state index contributed by atoms with van der Waals surface area (Å²) in [5.41, 5.74) is 6.53. The average molecular weight is 278 g/mol. The van der Waals surface area contributed by atoms with E-state index in [1.807, 2.05) is 49.6 Å². The highest BCUT2D eigenvalue weighted by Gasteiger charge is 2.16. The lowest BCUT2D eigenvalue weighted by Gasteiger charge is -2.11. The summed E-state index contributed by atoms with van der Waals surface area (Å²) >= 11 is 6.04. The Bertz CT molecular complexity index is 646. The Morgan fingerprint density at radius 2 is 1.95 bits per heavy atom. The fourth-order valence-electron chi connectivity index (χ4n) is 2.24. The van der Waals surface area contributed by atoms with Crippen molar-refractivity contribution in [1.82, 2.24) is 9.99 Å². The number of hydrogen-bond donors (Lipinski definition) is 2. The number of nitrogens with zero attached hydrogens (tertiary/aromatic N) is 1. The Morgan fingerprint density at radius 3 is 2.53 bits per heavy atom. The smallest absolute Gasteiger partial charge is 0.267 e. The van der Waals surface area contributed by atoms with Gasteiger partial charge in [0.2, 0.25) is 0 Å². The van der Waals surface area contributed by atoms with Crippen molar-refractivity contribution in [3.63, 3.8) is 0 Å². The molecular weight excluding hydrogens is 262 g/mol. The van der Waals surface area contributed by atoms with Gasteiger partial charge in [0, 0.05) is 22.1 Å². The summed E-state index contributed by atoms with van der Waals surface area (Å²) in [5.74, 6) is 4.90. The number of benzene rings is 1. The van der Waals surface area contributed by atoms with Crippen LogP contribution in [0.2, 0.25) is 5.02 Å². The molecule has 1 aromatic carbocycles. The lowest BCUT2D eigenvalue weighted by atomic mass is 10.2. The average Bonchev–Trinajstić information content (AvgIpc) is 2.68. The quantitative estimate of drug-likeness (QED) is 0.504. The third kappa shape index (κ3) is 2.37. The fraction of sp³-hybridized carbons (Fsp3) is 0.214. The van der Waals surface area contributed by atoms with Gasteiger partial charge in [-0.3, -0.25) is 10.2 Å². The molecule has 0 saturated heterocycles. The summed E-state index contributed by atoms with van der Waals surface area (Å²) in [4.78, 5) is 11.7. The molecule has 3 N–H and O–H groups in total. The summed E-state index contributed by atoms with van der Waals surface area (Å²) in [6, 6.07) is 7.60. The Kier molecular flexibility index (Phi) is 3.64. The molecule has 4 nitrogen and oxygen atoms in total.